The molecule has 312 valence electrons. The van der Waals surface area contributed by atoms with Crippen molar-refractivity contribution in [2.45, 2.75) is 59.3 Å². The molecule has 5 N–H and O–H groups in total. The number of hydrogen-bond acceptors (Lipinski definition) is 17. The highest BCUT2D eigenvalue weighted by Gasteiger charge is 2.31. The minimum atomic E-state index is -0.761. The van der Waals surface area contributed by atoms with Crippen molar-refractivity contribution in [3.63, 3.8) is 0 Å². The molecule has 0 aliphatic rings. The number of carbonyl (C=O) groups excluding carboxylic acids is 2. The van der Waals surface area contributed by atoms with Crippen LogP contribution in [0.3, 0.4) is 0 Å². The Kier molecular flexibility index (Phi) is 10.9. The summed E-state index contributed by atoms with van der Waals surface area (Å²) in [5.74, 6) is -0.722. The fourth-order valence-corrected chi connectivity index (χ4v) is 6.09. The Morgan fingerprint density at radius 1 is 0.656 bits per heavy atom. The standard InChI is InChI=1S/C40H43N17O4/c1-22(59)25-19-43-54(23-15-11-9-12-16-23)34(25)50-48-28-30(39(2,3)4)52-56(32(28)41)36-45-37(47-38(46-36)61-8)57-33(42)29(31(53-57)40(5,6)7)49-51-35-26(27(60)21-58)20-44-55(35)24-17-13-10-14-18-24/h9-20,58H,21,41-42H2,1-8H3. The number of aliphatic hydroxyl groups excluding tert-OH is 1. The third kappa shape index (κ3) is 8.00. The average molecular weight is 826 g/mol. The fourth-order valence-electron chi connectivity index (χ4n) is 6.09. The molecule has 2 aromatic carbocycles. The second-order valence-electron chi connectivity index (χ2n) is 15.7. The molecule has 0 saturated heterocycles. The number of anilines is 2. The van der Waals surface area contributed by atoms with Gasteiger partial charge in [-0.2, -0.15) is 44.7 Å². The van der Waals surface area contributed by atoms with Crippen LogP contribution in [0.5, 0.6) is 6.01 Å². The Balaban J connectivity index is 1.35. The van der Waals surface area contributed by atoms with Gasteiger partial charge in [0.15, 0.2) is 46.2 Å². The molecule has 0 amide bonds. The third-order valence-electron chi connectivity index (χ3n) is 9.17. The van der Waals surface area contributed by atoms with Gasteiger partial charge in [0.1, 0.15) is 6.61 Å². The van der Waals surface area contributed by atoms with E-state index in [1.807, 2.05) is 90.1 Å². The summed E-state index contributed by atoms with van der Waals surface area (Å²) in [6, 6.07) is 18.1. The molecule has 0 radical (unpaired) electrons. The summed E-state index contributed by atoms with van der Waals surface area (Å²) in [7, 11) is 1.38. The van der Waals surface area contributed by atoms with Gasteiger partial charge in [0.05, 0.1) is 53.4 Å². The number of nitrogen functional groups attached to an aromatic ring is 2. The van der Waals surface area contributed by atoms with E-state index in [0.29, 0.717) is 22.8 Å². The van der Waals surface area contributed by atoms with E-state index in [2.05, 4.69) is 45.6 Å². The van der Waals surface area contributed by atoms with E-state index in [9.17, 15) is 14.7 Å². The van der Waals surface area contributed by atoms with Crippen molar-refractivity contribution in [1.29, 1.82) is 0 Å². The Morgan fingerprint density at radius 2 is 1.08 bits per heavy atom. The van der Waals surface area contributed by atoms with E-state index >= 15 is 0 Å². The van der Waals surface area contributed by atoms with Crippen LogP contribution in [0.25, 0.3) is 23.3 Å². The number of Topliss-reactive ketones (excluding diaryl/α,β-unsaturated/α-hetero) is 2. The van der Waals surface area contributed by atoms with E-state index in [-0.39, 0.29) is 69.5 Å². The molecule has 7 rings (SSSR count). The molecule has 5 heterocycles. The van der Waals surface area contributed by atoms with Crippen LogP contribution < -0.4 is 16.2 Å². The number of azo groups is 2. The van der Waals surface area contributed by atoms with Crippen LogP contribution in [0.1, 0.15) is 80.6 Å². The Hall–Kier alpha value is -7.81. The molecule has 0 bridgehead atoms. The average Bonchev–Trinajstić information content (AvgIpc) is 4.02. The van der Waals surface area contributed by atoms with E-state index in [0.717, 1.165) is 0 Å². The van der Waals surface area contributed by atoms with Crippen LogP contribution in [0, 0.1) is 0 Å². The minimum Gasteiger partial charge on any atom is -0.467 e. The number of para-hydroxylation sites is 2. The second kappa shape index (κ2) is 16.1. The first-order chi connectivity index (χ1) is 29.0. The highest BCUT2D eigenvalue weighted by Crippen LogP contribution is 2.40. The zero-order valence-electron chi connectivity index (χ0n) is 34.7. The highest BCUT2D eigenvalue weighted by atomic mass is 16.5. The van der Waals surface area contributed by atoms with Crippen molar-refractivity contribution in [2.75, 3.05) is 25.2 Å². The van der Waals surface area contributed by atoms with Gasteiger partial charge in [0.2, 0.25) is 0 Å². The van der Waals surface area contributed by atoms with Gasteiger partial charge in [-0.1, -0.05) is 77.9 Å². The molecule has 0 saturated carbocycles. The summed E-state index contributed by atoms with van der Waals surface area (Å²) in [6.07, 6.45) is 2.76. The fraction of sp³-hybridized carbons (Fsp3) is 0.275. The summed E-state index contributed by atoms with van der Waals surface area (Å²) in [5.41, 5.74) is 15.1. The molecule has 0 atom stereocenters. The number of nitrogens with zero attached hydrogens (tertiary/aromatic N) is 15. The van der Waals surface area contributed by atoms with Gasteiger partial charge in [0.25, 0.3) is 11.9 Å². The van der Waals surface area contributed by atoms with Gasteiger partial charge < -0.3 is 21.3 Å². The number of aromatic nitrogens is 11. The van der Waals surface area contributed by atoms with Gasteiger partial charge in [-0.15, -0.1) is 20.5 Å². The predicted octanol–water partition coefficient (Wildman–Crippen LogP) is 6.59. The van der Waals surface area contributed by atoms with Crippen molar-refractivity contribution in [2.24, 2.45) is 20.5 Å². The molecule has 0 aliphatic heterocycles. The topological polar surface area (TPSA) is 275 Å². The van der Waals surface area contributed by atoms with Crippen LogP contribution in [0.2, 0.25) is 0 Å². The summed E-state index contributed by atoms with van der Waals surface area (Å²) in [4.78, 5) is 39.0. The number of rotatable bonds is 12. The lowest BCUT2D eigenvalue weighted by Gasteiger charge is -2.15. The summed E-state index contributed by atoms with van der Waals surface area (Å²) < 4.78 is 11.0. The molecule has 21 heteroatoms. The molecule has 0 aliphatic carbocycles. The summed E-state index contributed by atoms with van der Waals surface area (Å²) >= 11 is 0. The maximum absolute atomic E-state index is 12.8. The Bertz CT molecular complexity index is 2820. The van der Waals surface area contributed by atoms with Crippen LogP contribution in [0.15, 0.2) is 93.5 Å². The highest BCUT2D eigenvalue weighted by molar-refractivity contribution is 6.00. The first kappa shape index (κ1) is 41.4. The lowest BCUT2D eigenvalue weighted by atomic mass is 9.91. The normalized spacial score (nSPS) is 12.2. The van der Waals surface area contributed by atoms with Crippen LogP contribution in [-0.4, -0.2) is 84.5 Å². The number of methoxy groups -OCH3 is 1. The maximum atomic E-state index is 12.8. The largest absolute Gasteiger partial charge is 0.467 e. The molecule has 21 nitrogen and oxygen atoms in total. The first-order valence-electron chi connectivity index (χ1n) is 18.9. The molecule has 61 heavy (non-hydrogen) atoms. The second-order valence-corrected chi connectivity index (χ2v) is 15.7. The van der Waals surface area contributed by atoms with Gasteiger partial charge in [-0.3, -0.25) is 9.59 Å². The predicted molar refractivity (Wildman–Crippen MR) is 224 cm³/mol. The lowest BCUT2D eigenvalue weighted by molar-refractivity contribution is 0.0904. The van der Waals surface area contributed by atoms with E-state index in [4.69, 9.17) is 26.4 Å². The maximum Gasteiger partial charge on any atom is 0.322 e. The lowest BCUT2D eigenvalue weighted by Crippen LogP contribution is -2.16. The summed E-state index contributed by atoms with van der Waals surface area (Å²) in [5, 5.41) is 46.1. The summed E-state index contributed by atoms with van der Waals surface area (Å²) in [6.45, 7) is 12.2. The van der Waals surface area contributed by atoms with Gasteiger partial charge >= 0.3 is 6.01 Å². The molecule has 5 aromatic heterocycles. The van der Waals surface area contributed by atoms with E-state index in [1.165, 1.54) is 45.2 Å². The molecular formula is C40H43N17O4. The van der Waals surface area contributed by atoms with Crippen LogP contribution in [-0.2, 0) is 10.8 Å². The monoisotopic (exact) mass is 825 g/mol. The van der Waals surface area contributed by atoms with Crippen LogP contribution in [0.4, 0.5) is 34.6 Å². The van der Waals surface area contributed by atoms with E-state index < -0.39 is 23.2 Å². The molecule has 0 fully saturated rings. The van der Waals surface area contributed by atoms with Gasteiger partial charge in [-0.05, 0) is 31.2 Å². The smallest absolute Gasteiger partial charge is 0.322 e. The molecule has 7 aromatic rings. The van der Waals surface area contributed by atoms with Crippen molar-refractivity contribution < 1.29 is 19.4 Å². The Morgan fingerprint density at radius 3 is 1.48 bits per heavy atom. The SMILES string of the molecule is COc1nc(-n2nc(C(C)(C)C)c(N=Nc3c(C(C)=O)cnn3-c3ccccc3)c2N)nc(-n2nc(C(C)(C)C)c(N=Nc3c(C(=O)CO)cnn3-c3ccccc3)c2N)n1. The third-order valence-corrected chi connectivity index (χ3v) is 9.17. The zero-order valence-corrected chi connectivity index (χ0v) is 34.7. The van der Waals surface area contributed by atoms with Crippen LogP contribution >= 0.6 is 0 Å². The number of carbonyl (C=O) groups is 2. The number of ether oxygens (including phenoxy) is 1. The quantitative estimate of drug-likeness (QED) is 0.0867. The zero-order chi connectivity index (χ0) is 43.8. The van der Waals surface area contributed by atoms with E-state index in [1.54, 1.807) is 12.1 Å². The minimum absolute atomic E-state index is 0.0108. The molecular weight excluding hydrogens is 783 g/mol. The number of ketones is 2. The number of aliphatic hydroxyl groups is 1. The van der Waals surface area contributed by atoms with Gasteiger partial charge in [-0.25, -0.2) is 9.36 Å². The number of hydrogen-bond donors (Lipinski definition) is 3. The molecule has 0 spiro atoms. The molecule has 0 unspecified atom stereocenters. The number of nitrogens with two attached hydrogens (primary N) is 2. The van der Waals surface area contributed by atoms with Crippen molar-refractivity contribution in [3.8, 4) is 29.3 Å². The Labute approximate surface area is 348 Å². The van der Waals surface area contributed by atoms with Crippen molar-refractivity contribution >= 4 is 46.2 Å². The first-order valence-corrected chi connectivity index (χ1v) is 18.9. The number of benzene rings is 2. The van der Waals surface area contributed by atoms with Crippen molar-refractivity contribution in [1.82, 2.24) is 54.1 Å². The van der Waals surface area contributed by atoms with Gasteiger partial charge in [0, 0.05) is 10.8 Å². The van der Waals surface area contributed by atoms with Crippen molar-refractivity contribution in [3.05, 3.63) is 95.6 Å².